The number of hydrogen-bond donors (Lipinski definition) is 2. The largest absolute Gasteiger partial charge is 0.493 e. The number of amides is 1. The fraction of sp³-hybridized carbons (Fsp3) is 0.286. The number of methoxy groups -OCH3 is 1. The van der Waals surface area contributed by atoms with Gasteiger partial charge in [0, 0.05) is 13.1 Å². The predicted octanol–water partition coefficient (Wildman–Crippen LogP) is 3.53. The molecule has 1 aliphatic heterocycles. The molecule has 1 fully saturated rings. The Morgan fingerprint density at radius 3 is 2.81 bits per heavy atom. The fourth-order valence-electron chi connectivity index (χ4n) is 2.92. The summed E-state index contributed by atoms with van der Waals surface area (Å²) in [7, 11) is 1.62. The predicted molar refractivity (Wildman–Crippen MR) is 110 cm³/mol. The highest BCUT2D eigenvalue weighted by Gasteiger charge is 2.23. The minimum atomic E-state index is -0.131. The molecule has 0 aromatic heterocycles. The molecular formula is C21H23BrN2O3. The van der Waals surface area contributed by atoms with Gasteiger partial charge in [0.1, 0.15) is 6.61 Å². The first-order chi connectivity index (χ1) is 13.2. The molecule has 2 aromatic rings. The van der Waals surface area contributed by atoms with Gasteiger partial charge in [0.05, 0.1) is 17.6 Å². The van der Waals surface area contributed by atoms with Crippen molar-refractivity contribution in [2.75, 3.05) is 20.3 Å². The summed E-state index contributed by atoms with van der Waals surface area (Å²) in [5, 5.41) is 6.10. The first kappa shape index (κ1) is 19.5. The summed E-state index contributed by atoms with van der Waals surface area (Å²) in [5.41, 5.74) is 2.15. The molecule has 142 valence electrons. The van der Waals surface area contributed by atoms with E-state index in [2.05, 4.69) is 26.6 Å². The minimum Gasteiger partial charge on any atom is -0.493 e. The van der Waals surface area contributed by atoms with Gasteiger partial charge < -0.3 is 20.1 Å². The van der Waals surface area contributed by atoms with Crippen molar-refractivity contribution in [3.05, 3.63) is 64.1 Å². The summed E-state index contributed by atoms with van der Waals surface area (Å²) >= 11 is 3.57. The molecule has 6 heteroatoms. The van der Waals surface area contributed by atoms with Gasteiger partial charge in [-0.15, -0.1) is 0 Å². The molecule has 1 aliphatic rings. The van der Waals surface area contributed by atoms with E-state index in [1.165, 1.54) is 0 Å². The number of benzene rings is 2. The zero-order chi connectivity index (χ0) is 19.1. The van der Waals surface area contributed by atoms with Crippen molar-refractivity contribution in [3.8, 4) is 11.5 Å². The van der Waals surface area contributed by atoms with Gasteiger partial charge in [-0.05, 0) is 51.7 Å². The molecule has 0 bridgehead atoms. The van der Waals surface area contributed by atoms with E-state index >= 15 is 0 Å². The van der Waals surface area contributed by atoms with E-state index in [-0.39, 0.29) is 11.9 Å². The van der Waals surface area contributed by atoms with Gasteiger partial charge in [0.2, 0.25) is 5.91 Å². The van der Waals surface area contributed by atoms with Crippen molar-refractivity contribution < 1.29 is 14.3 Å². The van der Waals surface area contributed by atoms with Crippen LogP contribution in [0.15, 0.2) is 53.0 Å². The van der Waals surface area contributed by atoms with Crippen LogP contribution in [-0.2, 0) is 11.3 Å². The fourth-order valence-corrected chi connectivity index (χ4v) is 3.53. The van der Waals surface area contributed by atoms with E-state index in [4.69, 9.17) is 9.47 Å². The number of rotatable bonds is 8. The molecule has 1 heterocycles. The van der Waals surface area contributed by atoms with Crippen LogP contribution in [0.25, 0.3) is 6.08 Å². The van der Waals surface area contributed by atoms with Crippen LogP contribution in [0.5, 0.6) is 11.5 Å². The second-order valence-electron chi connectivity index (χ2n) is 6.25. The Bertz CT molecular complexity index is 809. The zero-order valence-electron chi connectivity index (χ0n) is 15.2. The van der Waals surface area contributed by atoms with E-state index in [1.807, 2.05) is 54.6 Å². The monoisotopic (exact) mass is 430 g/mol. The number of carbonyl (C=O) groups is 1. The van der Waals surface area contributed by atoms with E-state index in [0.29, 0.717) is 24.7 Å². The molecule has 0 aliphatic carbocycles. The maximum atomic E-state index is 11.7. The Labute approximate surface area is 167 Å². The molecule has 2 N–H and O–H groups in total. The molecule has 1 unspecified atom stereocenters. The second kappa shape index (κ2) is 9.58. The lowest BCUT2D eigenvalue weighted by molar-refractivity contribution is -0.120. The van der Waals surface area contributed by atoms with Gasteiger partial charge in [-0.1, -0.05) is 36.4 Å². The van der Waals surface area contributed by atoms with Crippen LogP contribution < -0.4 is 20.1 Å². The summed E-state index contributed by atoms with van der Waals surface area (Å²) in [6.45, 7) is 1.75. The van der Waals surface area contributed by atoms with Gasteiger partial charge in [0.25, 0.3) is 0 Å². The third kappa shape index (κ3) is 5.34. The van der Waals surface area contributed by atoms with E-state index in [1.54, 1.807) is 7.11 Å². The Hall–Kier alpha value is -2.31. The van der Waals surface area contributed by atoms with E-state index < -0.39 is 0 Å². The number of carbonyl (C=O) groups excluding carboxylic acids is 1. The Morgan fingerprint density at radius 2 is 2.11 bits per heavy atom. The summed E-state index contributed by atoms with van der Waals surface area (Å²) < 4.78 is 12.2. The molecule has 1 atom stereocenters. The normalized spacial score (nSPS) is 16.5. The summed E-state index contributed by atoms with van der Waals surface area (Å²) in [6.07, 6.45) is 4.80. The number of halogens is 1. The van der Waals surface area contributed by atoms with Crippen molar-refractivity contribution in [3.63, 3.8) is 0 Å². The smallest absolute Gasteiger partial charge is 0.237 e. The van der Waals surface area contributed by atoms with Gasteiger partial charge in [-0.3, -0.25) is 4.79 Å². The van der Waals surface area contributed by atoms with Gasteiger partial charge in [-0.25, -0.2) is 0 Å². The SMILES string of the molecule is COc1cc(CNC2CCNC2=O)cc(Br)c1OCC=Cc1ccccc1. The van der Waals surface area contributed by atoms with Crippen LogP contribution >= 0.6 is 15.9 Å². The highest BCUT2D eigenvalue weighted by Crippen LogP contribution is 2.36. The molecule has 2 aromatic carbocycles. The third-order valence-corrected chi connectivity index (χ3v) is 4.91. The maximum absolute atomic E-state index is 11.7. The summed E-state index contributed by atoms with van der Waals surface area (Å²) in [4.78, 5) is 11.7. The lowest BCUT2D eigenvalue weighted by Crippen LogP contribution is -2.35. The van der Waals surface area contributed by atoms with Crippen molar-refractivity contribution in [2.45, 2.75) is 19.0 Å². The quantitative estimate of drug-likeness (QED) is 0.672. The first-order valence-corrected chi connectivity index (χ1v) is 9.68. The lowest BCUT2D eigenvalue weighted by Gasteiger charge is -2.15. The average molecular weight is 431 g/mol. The van der Waals surface area contributed by atoms with Crippen molar-refractivity contribution in [2.24, 2.45) is 0 Å². The zero-order valence-corrected chi connectivity index (χ0v) is 16.8. The van der Waals surface area contributed by atoms with Gasteiger partial charge >= 0.3 is 0 Å². The number of nitrogens with one attached hydrogen (secondary N) is 2. The summed E-state index contributed by atoms with van der Waals surface area (Å²) in [6, 6.07) is 13.9. The second-order valence-corrected chi connectivity index (χ2v) is 7.10. The Kier molecular flexibility index (Phi) is 6.90. The molecule has 1 saturated heterocycles. The molecule has 0 radical (unpaired) electrons. The maximum Gasteiger partial charge on any atom is 0.237 e. The molecule has 1 amide bonds. The van der Waals surface area contributed by atoms with Crippen LogP contribution in [0.2, 0.25) is 0 Å². The van der Waals surface area contributed by atoms with Crippen molar-refractivity contribution in [1.29, 1.82) is 0 Å². The average Bonchev–Trinajstić information content (AvgIpc) is 3.10. The van der Waals surface area contributed by atoms with Crippen molar-refractivity contribution in [1.82, 2.24) is 10.6 Å². The summed E-state index contributed by atoms with van der Waals surface area (Å²) in [5.74, 6) is 1.38. The molecule has 0 spiro atoms. The van der Waals surface area contributed by atoms with Crippen LogP contribution in [0.3, 0.4) is 0 Å². The standard InChI is InChI=1S/C21H23BrN2O3/c1-26-19-13-16(14-24-18-9-10-23-21(18)25)12-17(22)20(19)27-11-5-8-15-6-3-2-4-7-15/h2-8,12-13,18,24H,9-11,14H2,1H3,(H,23,25). The first-order valence-electron chi connectivity index (χ1n) is 8.89. The highest BCUT2D eigenvalue weighted by atomic mass is 79.9. The molecule has 3 rings (SSSR count). The van der Waals surface area contributed by atoms with Crippen LogP contribution in [-0.4, -0.2) is 32.2 Å². The Morgan fingerprint density at radius 1 is 1.30 bits per heavy atom. The number of ether oxygens (including phenoxy) is 2. The van der Waals surface area contributed by atoms with E-state index in [0.717, 1.165) is 28.6 Å². The molecule has 5 nitrogen and oxygen atoms in total. The minimum absolute atomic E-state index is 0.0613. The van der Waals surface area contributed by atoms with Crippen LogP contribution in [0, 0.1) is 0 Å². The van der Waals surface area contributed by atoms with Gasteiger partial charge in [-0.2, -0.15) is 0 Å². The molecule has 27 heavy (non-hydrogen) atoms. The van der Waals surface area contributed by atoms with E-state index in [9.17, 15) is 4.79 Å². The van der Waals surface area contributed by atoms with Crippen LogP contribution in [0.1, 0.15) is 17.5 Å². The molecule has 0 saturated carbocycles. The van der Waals surface area contributed by atoms with Crippen molar-refractivity contribution >= 4 is 27.9 Å². The highest BCUT2D eigenvalue weighted by molar-refractivity contribution is 9.10. The van der Waals surface area contributed by atoms with Gasteiger partial charge in [0.15, 0.2) is 11.5 Å². The Balaban J connectivity index is 1.61. The third-order valence-electron chi connectivity index (χ3n) is 4.32. The molecular weight excluding hydrogens is 408 g/mol. The van der Waals surface area contributed by atoms with Crippen LogP contribution in [0.4, 0.5) is 0 Å². The topological polar surface area (TPSA) is 59.6 Å². The number of hydrogen-bond acceptors (Lipinski definition) is 4. The lowest BCUT2D eigenvalue weighted by atomic mass is 10.1.